The Morgan fingerprint density at radius 3 is 2.40 bits per heavy atom. The molecule has 0 saturated heterocycles. The van der Waals surface area contributed by atoms with Gasteiger partial charge in [-0.05, 0) is 38.7 Å². The fourth-order valence-electron chi connectivity index (χ4n) is 1.90. The minimum atomic E-state index is -0.484. The Bertz CT molecular complexity index is 417. The van der Waals surface area contributed by atoms with Crippen molar-refractivity contribution in [1.82, 2.24) is 4.98 Å². The summed E-state index contributed by atoms with van der Waals surface area (Å²) >= 11 is 0. The van der Waals surface area contributed by atoms with Crippen molar-refractivity contribution in [1.29, 1.82) is 0 Å². The van der Waals surface area contributed by atoms with Crippen molar-refractivity contribution in [2.24, 2.45) is 0 Å². The zero-order valence-electron chi connectivity index (χ0n) is 11.9. The normalized spacial score (nSPS) is 10.3. The Labute approximate surface area is 118 Å². The van der Waals surface area contributed by atoms with Crippen LogP contribution in [0.2, 0.25) is 0 Å². The van der Waals surface area contributed by atoms with Gasteiger partial charge >= 0.3 is 11.9 Å². The van der Waals surface area contributed by atoms with E-state index in [2.05, 4.69) is 4.98 Å². The summed E-state index contributed by atoms with van der Waals surface area (Å²) in [4.78, 5) is 26.5. The third-order valence-corrected chi connectivity index (χ3v) is 2.80. The molecule has 1 aromatic rings. The van der Waals surface area contributed by atoms with Gasteiger partial charge in [-0.15, -0.1) is 0 Å². The molecule has 0 amide bonds. The minimum Gasteiger partial charge on any atom is -0.462 e. The van der Waals surface area contributed by atoms with Crippen LogP contribution < -0.4 is 0 Å². The van der Waals surface area contributed by atoms with E-state index in [1.807, 2.05) is 0 Å². The maximum absolute atomic E-state index is 11.8. The summed E-state index contributed by atoms with van der Waals surface area (Å²) in [5.74, 6) is -0.944. The molecule has 0 aliphatic carbocycles. The van der Waals surface area contributed by atoms with Gasteiger partial charge in [-0.2, -0.15) is 0 Å². The molecule has 0 unspecified atom stereocenters. The van der Waals surface area contributed by atoms with Gasteiger partial charge in [-0.3, -0.25) is 0 Å². The maximum Gasteiger partial charge on any atom is 0.355 e. The highest BCUT2D eigenvalue weighted by Crippen LogP contribution is 2.19. The molecule has 2 N–H and O–H groups in total. The van der Waals surface area contributed by atoms with Gasteiger partial charge in [0, 0.05) is 12.8 Å². The molecule has 0 bridgehead atoms. The average molecular weight is 283 g/mol. The van der Waals surface area contributed by atoms with Crippen molar-refractivity contribution in [2.45, 2.75) is 33.1 Å². The Morgan fingerprint density at radius 2 is 1.80 bits per heavy atom. The predicted molar refractivity (Wildman–Crippen MR) is 72.7 cm³/mol. The second-order valence-corrected chi connectivity index (χ2v) is 4.18. The number of rotatable bonds is 8. The Hall–Kier alpha value is -1.82. The maximum atomic E-state index is 11.8. The smallest absolute Gasteiger partial charge is 0.355 e. The van der Waals surface area contributed by atoms with E-state index in [0.29, 0.717) is 30.4 Å². The van der Waals surface area contributed by atoms with Crippen molar-refractivity contribution < 1.29 is 24.2 Å². The van der Waals surface area contributed by atoms with Crippen LogP contribution in [0, 0.1) is 0 Å². The van der Waals surface area contributed by atoms with Crippen LogP contribution in [0.3, 0.4) is 0 Å². The van der Waals surface area contributed by atoms with E-state index in [-0.39, 0.29) is 25.5 Å². The molecule has 112 valence electrons. The number of nitrogens with one attached hydrogen (secondary N) is 1. The number of H-pyrrole nitrogens is 1. The van der Waals surface area contributed by atoms with Gasteiger partial charge in [0.25, 0.3) is 0 Å². The lowest BCUT2D eigenvalue weighted by Gasteiger charge is -2.06. The molecule has 0 saturated carbocycles. The van der Waals surface area contributed by atoms with E-state index in [0.717, 1.165) is 0 Å². The molecule has 1 heterocycles. The lowest BCUT2D eigenvalue weighted by molar-refractivity contribution is 0.0518. The number of unbranched alkanes of at least 4 members (excludes halogenated alkanes) is 1. The van der Waals surface area contributed by atoms with E-state index in [1.54, 1.807) is 13.8 Å². The molecule has 6 nitrogen and oxygen atoms in total. The van der Waals surface area contributed by atoms with Gasteiger partial charge < -0.3 is 19.6 Å². The molecule has 0 aliphatic heterocycles. The van der Waals surface area contributed by atoms with Crippen LogP contribution in [0.4, 0.5) is 0 Å². The largest absolute Gasteiger partial charge is 0.462 e. The number of esters is 2. The number of aliphatic hydroxyl groups is 1. The zero-order valence-corrected chi connectivity index (χ0v) is 11.9. The SMILES string of the molecule is CCOC(=O)c1c[nH]c(C(=O)OCC)c1CCCCO. The predicted octanol–water partition coefficient (Wildman–Crippen LogP) is 1.68. The number of hydrogen-bond donors (Lipinski definition) is 2. The van der Waals surface area contributed by atoms with Crippen molar-refractivity contribution in [2.75, 3.05) is 19.8 Å². The first-order valence-electron chi connectivity index (χ1n) is 6.81. The molecule has 1 rings (SSSR count). The number of ether oxygens (including phenoxy) is 2. The summed E-state index contributed by atoms with van der Waals surface area (Å²) in [6.07, 6.45) is 3.26. The summed E-state index contributed by atoms with van der Waals surface area (Å²) in [7, 11) is 0. The Morgan fingerprint density at radius 1 is 1.15 bits per heavy atom. The monoisotopic (exact) mass is 283 g/mol. The highest BCUT2D eigenvalue weighted by molar-refractivity contribution is 5.97. The second-order valence-electron chi connectivity index (χ2n) is 4.18. The number of aromatic nitrogens is 1. The standard InChI is InChI=1S/C14H21NO5/c1-3-19-13(17)11-9-15-12(14(18)20-4-2)10(11)7-5-6-8-16/h9,15-16H,3-8H2,1-2H3. The summed E-state index contributed by atoms with van der Waals surface area (Å²) in [5.41, 5.74) is 1.23. The molecular formula is C14H21NO5. The van der Waals surface area contributed by atoms with Crippen molar-refractivity contribution in [3.05, 3.63) is 23.0 Å². The fourth-order valence-corrected chi connectivity index (χ4v) is 1.90. The third-order valence-electron chi connectivity index (χ3n) is 2.80. The number of hydrogen-bond acceptors (Lipinski definition) is 5. The molecule has 0 fully saturated rings. The van der Waals surface area contributed by atoms with E-state index in [9.17, 15) is 9.59 Å². The summed E-state index contributed by atoms with van der Waals surface area (Å²) < 4.78 is 9.92. The summed E-state index contributed by atoms with van der Waals surface area (Å²) in [6, 6.07) is 0. The molecule has 0 radical (unpaired) electrons. The first-order valence-corrected chi connectivity index (χ1v) is 6.81. The Kier molecular flexibility index (Phi) is 6.79. The molecule has 0 atom stereocenters. The summed E-state index contributed by atoms with van der Waals surface area (Å²) in [6.45, 7) is 4.06. The first kappa shape index (κ1) is 16.2. The van der Waals surface area contributed by atoms with E-state index < -0.39 is 11.9 Å². The minimum absolute atomic E-state index is 0.0773. The fraction of sp³-hybridized carbons (Fsp3) is 0.571. The average Bonchev–Trinajstić information content (AvgIpc) is 2.83. The lowest BCUT2D eigenvalue weighted by Crippen LogP contribution is -2.11. The Balaban J connectivity index is 2.98. The highest BCUT2D eigenvalue weighted by atomic mass is 16.5. The zero-order chi connectivity index (χ0) is 15.0. The van der Waals surface area contributed by atoms with Gasteiger partial charge in [0.15, 0.2) is 0 Å². The molecule has 6 heteroatoms. The van der Waals surface area contributed by atoms with Crippen LogP contribution in [0.5, 0.6) is 0 Å². The number of carbonyl (C=O) groups is 2. The van der Waals surface area contributed by atoms with Crippen LogP contribution in [-0.4, -0.2) is 41.8 Å². The highest BCUT2D eigenvalue weighted by Gasteiger charge is 2.22. The van der Waals surface area contributed by atoms with Crippen LogP contribution in [0.15, 0.2) is 6.20 Å². The van der Waals surface area contributed by atoms with Gasteiger partial charge in [-0.1, -0.05) is 0 Å². The van der Waals surface area contributed by atoms with Crippen molar-refractivity contribution >= 4 is 11.9 Å². The lowest BCUT2D eigenvalue weighted by atomic mass is 10.0. The first-order chi connectivity index (χ1) is 9.65. The second kappa shape index (κ2) is 8.37. The topological polar surface area (TPSA) is 88.6 Å². The number of aromatic amines is 1. The van der Waals surface area contributed by atoms with Crippen molar-refractivity contribution in [3.63, 3.8) is 0 Å². The number of aliphatic hydroxyl groups excluding tert-OH is 1. The molecule has 0 aromatic carbocycles. The van der Waals surface area contributed by atoms with E-state index >= 15 is 0 Å². The van der Waals surface area contributed by atoms with Gasteiger partial charge in [0.2, 0.25) is 0 Å². The van der Waals surface area contributed by atoms with Gasteiger partial charge in [0.1, 0.15) is 5.69 Å². The quantitative estimate of drug-likeness (QED) is 0.560. The van der Waals surface area contributed by atoms with Crippen LogP contribution in [0.1, 0.15) is 53.1 Å². The molecule has 20 heavy (non-hydrogen) atoms. The molecule has 0 spiro atoms. The van der Waals surface area contributed by atoms with Crippen LogP contribution in [0.25, 0.3) is 0 Å². The van der Waals surface area contributed by atoms with Gasteiger partial charge in [0.05, 0.1) is 18.8 Å². The molecule has 1 aromatic heterocycles. The van der Waals surface area contributed by atoms with Crippen LogP contribution in [-0.2, 0) is 15.9 Å². The van der Waals surface area contributed by atoms with Crippen LogP contribution >= 0.6 is 0 Å². The number of carbonyl (C=O) groups excluding carboxylic acids is 2. The van der Waals surface area contributed by atoms with E-state index in [4.69, 9.17) is 14.6 Å². The van der Waals surface area contributed by atoms with Crippen molar-refractivity contribution in [3.8, 4) is 0 Å². The molecule has 0 aliphatic rings. The summed E-state index contributed by atoms with van der Waals surface area (Å²) in [5, 5.41) is 8.83. The van der Waals surface area contributed by atoms with E-state index in [1.165, 1.54) is 6.20 Å². The third kappa shape index (κ3) is 4.09. The molecular weight excluding hydrogens is 262 g/mol. The van der Waals surface area contributed by atoms with Gasteiger partial charge in [-0.25, -0.2) is 9.59 Å².